The largest absolute Gasteiger partial charge is 0.272 e. The maximum absolute atomic E-state index is 5.43. The van der Waals surface area contributed by atoms with Crippen LogP contribution in [-0.4, -0.2) is 0 Å². The van der Waals surface area contributed by atoms with E-state index in [4.69, 9.17) is 9.68 Å². The highest BCUT2D eigenvalue weighted by molar-refractivity contribution is 5.16. The zero-order valence-electron chi connectivity index (χ0n) is 13.3. The summed E-state index contributed by atoms with van der Waals surface area (Å²) in [6, 6.07) is 19.9. The van der Waals surface area contributed by atoms with Crippen LogP contribution in [0, 0.1) is 0 Å². The molecule has 0 aliphatic heterocycles. The van der Waals surface area contributed by atoms with Crippen LogP contribution >= 0.6 is 0 Å². The average molecular weight is 310 g/mol. The fraction of sp³-hybridized carbons (Fsp3) is 0.158. The molecule has 0 saturated carbocycles. The second-order valence-corrected chi connectivity index (χ2v) is 5.11. The van der Waals surface area contributed by atoms with Crippen LogP contribution in [0.4, 0.5) is 0 Å². The number of nitrogens with one attached hydrogen (secondary N) is 2. The van der Waals surface area contributed by atoms with E-state index in [1.807, 2.05) is 73.7 Å². The third-order valence-electron chi connectivity index (χ3n) is 2.99. The molecule has 0 saturated heterocycles. The molecule has 0 bridgehead atoms. The average Bonchev–Trinajstić information content (AvgIpc) is 2.57. The van der Waals surface area contributed by atoms with Crippen LogP contribution in [0.3, 0.4) is 0 Å². The Morgan fingerprint density at radius 3 is 1.87 bits per heavy atom. The van der Waals surface area contributed by atoms with Gasteiger partial charge in [-0.1, -0.05) is 67.2 Å². The van der Waals surface area contributed by atoms with E-state index < -0.39 is 0 Å². The summed E-state index contributed by atoms with van der Waals surface area (Å²) in [5, 5.41) is 0. The molecule has 0 radical (unpaired) electrons. The zero-order valence-corrected chi connectivity index (χ0v) is 13.3. The number of hydroxylamine groups is 2. The first kappa shape index (κ1) is 16.8. The van der Waals surface area contributed by atoms with Gasteiger partial charge in [-0.3, -0.25) is 20.6 Å². The maximum atomic E-state index is 5.43. The molecule has 0 aliphatic carbocycles. The number of allylic oxidation sites excluding steroid dienone is 2. The smallest absolute Gasteiger partial charge is 0.0996 e. The van der Waals surface area contributed by atoms with E-state index in [1.165, 1.54) is 0 Å². The highest BCUT2D eigenvalue weighted by atomic mass is 16.6. The standard InChI is InChI=1S/C19H22N2O2/c1-16(20-22-14-18-9-5-3-6-10-18)13-17(2)21-23-15-19-11-7-4-8-12-19/h3-13,20-21H,1,14-15H2,2H3. The normalized spacial score (nSPS) is 11.1. The number of benzene rings is 2. The van der Waals surface area contributed by atoms with Crippen LogP contribution in [0.2, 0.25) is 0 Å². The van der Waals surface area contributed by atoms with E-state index in [-0.39, 0.29) is 0 Å². The summed E-state index contributed by atoms with van der Waals surface area (Å²) < 4.78 is 0. The second kappa shape index (κ2) is 9.46. The predicted octanol–water partition coefficient (Wildman–Crippen LogP) is 3.85. The lowest BCUT2D eigenvalue weighted by Gasteiger charge is -2.10. The van der Waals surface area contributed by atoms with Crippen LogP contribution < -0.4 is 11.0 Å². The van der Waals surface area contributed by atoms with Gasteiger partial charge in [0, 0.05) is 5.70 Å². The topological polar surface area (TPSA) is 42.5 Å². The van der Waals surface area contributed by atoms with Crippen molar-refractivity contribution >= 4 is 0 Å². The van der Waals surface area contributed by atoms with E-state index in [0.717, 1.165) is 16.8 Å². The Bertz CT molecular complexity index is 624. The molecule has 0 amide bonds. The van der Waals surface area contributed by atoms with Crippen molar-refractivity contribution in [3.05, 3.63) is 95.8 Å². The van der Waals surface area contributed by atoms with Gasteiger partial charge in [0.15, 0.2) is 0 Å². The van der Waals surface area contributed by atoms with Gasteiger partial charge in [-0.15, -0.1) is 0 Å². The molecule has 120 valence electrons. The molecule has 2 aromatic rings. The predicted molar refractivity (Wildman–Crippen MR) is 91.6 cm³/mol. The van der Waals surface area contributed by atoms with E-state index >= 15 is 0 Å². The van der Waals surface area contributed by atoms with E-state index in [1.54, 1.807) is 0 Å². The highest BCUT2D eigenvalue weighted by Gasteiger charge is 1.95. The lowest BCUT2D eigenvalue weighted by atomic mass is 10.2. The third kappa shape index (κ3) is 6.82. The summed E-state index contributed by atoms with van der Waals surface area (Å²) in [4.78, 5) is 10.8. The van der Waals surface area contributed by atoms with Gasteiger partial charge < -0.3 is 0 Å². The molecule has 0 spiro atoms. The van der Waals surface area contributed by atoms with Crippen LogP contribution in [-0.2, 0) is 22.9 Å². The van der Waals surface area contributed by atoms with Gasteiger partial charge in [0.25, 0.3) is 0 Å². The number of rotatable bonds is 9. The fourth-order valence-electron chi connectivity index (χ4n) is 1.91. The lowest BCUT2D eigenvalue weighted by Crippen LogP contribution is -2.15. The van der Waals surface area contributed by atoms with Crippen LogP contribution in [0.25, 0.3) is 0 Å². The molecular weight excluding hydrogens is 288 g/mol. The van der Waals surface area contributed by atoms with Gasteiger partial charge >= 0.3 is 0 Å². The number of hydrogen-bond donors (Lipinski definition) is 2. The van der Waals surface area contributed by atoms with Gasteiger partial charge in [-0.2, -0.15) is 0 Å². The van der Waals surface area contributed by atoms with E-state index in [0.29, 0.717) is 18.9 Å². The SMILES string of the molecule is C=C(C=C(C)NOCc1ccccc1)NOCc1ccccc1. The Morgan fingerprint density at radius 1 is 0.870 bits per heavy atom. The van der Waals surface area contributed by atoms with Gasteiger partial charge in [-0.05, 0) is 24.1 Å². The Labute approximate surface area is 137 Å². The van der Waals surface area contributed by atoms with Crippen molar-refractivity contribution in [2.45, 2.75) is 20.1 Å². The van der Waals surface area contributed by atoms with Gasteiger partial charge in [0.05, 0.1) is 18.9 Å². The molecule has 4 heteroatoms. The monoisotopic (exact) mass is 310 g/mol. The summed E-state index contributed by atoms with van der Waals surface area (Å²) in [7, 11) is 0. The molecule has 2 rings (SSSR count). The quantitative estimate of drug-likeness (QED) is 0.545. The lowest BCUT2D eigenvalue weighted by molar-refractivity contribution is 0.0459. The Morgan fingerprint density at radius 2 is 1.35 bits per heavy atom. The molecule has 0 heterocycles. The molecule has 0 atom stereocenters. The van der Waals surface area contributed by atoms with Crippen molar-refractivity contribution in [3.8, 4) is 0 Å². The van der Waals surface area contributed by atoms with Gasteiger partial charge in [-0.25, -0.2) is 0 Å². The molecule has 0 fully saturated rings. The third-order valence-corrected chi connectivity index (χ3v) is 2.99. The van der Waals surface area contributed by atoms with Crippen molar-refractivity contribution < 1.29 is 9.68 Å². The molecule has 23 heavy (non-hydrogen) atoms. The first-order valence-electron chi connectivity index (χ1n) is 7.44. The van der Waals surface area contributed by atoms with E-state index in [2.05, 4.69) is 17.5 Å². The van der Waals surface area contributed by atoms with Crippen molar-refractivity contribution in [2.24, 2.45) is 0 Å². The van der Waals surface area contributed by atoms with Crippen LogP contribution in [0.5, 0.6) is 0 Å². The van der Waals surface area contributed by atoms with E-state index in [9.17, 15) is 0 Å². The second-order valence-electron chi connectivity index (χ2n) is 5.11. The Kier molecular flexibility index (Phi) is 6.91. The molecule has 2 N–H and O–H groups in total. The minimum Gasteiger partial charge on any atom is -0.272 e. The van der Waals surface area contributed by atoms with Crippen molar-refractivity contribution in [1.29, 1.82) is 0 Å². The summed E-state index contributed by atoms with van der Waals surface area (Å²) in [5.41, 5.74) is 9.36. The molecule has 0 aromatic heterocycles. The van der Waals surface area contributed by atoms with Crippen molar-refractivity contribution in [3.63, 3.8) is 0 Å². The van der Waals surface area contributed by atoms with Crippen molar-refractivity contribution in [1.82, 2.24) is 11.0 Å². The number of hydrogen-bond acceptors (Lipinski definition) is 4. The summed E-state index contributed by atoms with van der Waals surface area (Å²) in [5.74, 6) is 0. The van der Waals surface area contributed by atoms with Gasteiger partial charge in [0.1, 0.15) is 0 Å². The molecule has 0 unspecified atom stereocenters. The van der Waals surface area contributed by atoms with Crippen molar-refractivity contribution in [2.75, 3.05) is 0 Å². The van der Waals surface area contributed by atoms with Crippen LogP contribution in [0.15, 0.2) is 84.7 Å². The highest BCUT2D eigenvalue weighted by Crippen LogP contribution is 2.02. The molecular formula is C19H22N2O2. The first-order chi connectivity index (χ1) is 11.2. The Hall–Kier alpha value is -2.56. The summed E-state index contributed by atoms with van der Waals surface area (Å²) >= 11 is 0. The van der Waals surface area contributed by atoms with Crippen LogP contribution in [0.1, 0.15) is 18.1 Å². The maximum Gasteiger partial charge on any atom is 0.0996 e. The summed E-state index contributed by atoms with van der Waals surface area (Å²) in [6.45, 7) is 6.76. The summed E-state index contributed by atoms with van der Waals surface area (Å²) in [6.07, 6.45) is 1.82. The molecule has 0 aliphatic rings. The molecule has 2 aromatic carbocycles. The zero-order chi connectivity index (χ0) is 16.3. The minimum atomic E-state index is 0.477. The minimum absolute atomic E-state index is 0.477. The first-order valence-corrected chi connectivity index (χ1v) is 7.44. The fourth-order valence-corrected chi connectivity index (χ4v) is 1.91. The van der Waals surface area contributed by atoms with Gasteiger partial charge in [0.2, 0.25) is 0 Å². The molecule has 4 nitrogen and oxygen atoms in total. The Balaban J connectivity index is 1.65.